The number of nitrogens with zero attached hydrogens (tertiary/aromatic N) is 10. The summed E-state index contributed by atoms with van der Waals surface area (Å²) in [6, 6.07) is 54.6. The Morgan fingerprint density at radius 1 is 0.242 bits per heavy atom. The first-order valence-electron chi connectivity index (χ1n) is 33.8. The minimum absolute atomic E-state index is 0. The van der Waals surface area contributed by atoms with Gasteiger partial charge in [0.15, 0.2) is 45.8 Å². The largest absolute Gasteiger partial charge is 2.00 e. The number of aromatic nitrogens is 4. The minimum atomic E-state index is -0.494. The Balaban J connectivity index is -0.0000000484. The first kappa shape index (κ1) is 189. The molecule has 48 heteroatoms. The number of ether oxygens (including phenoxy) is 4. The summed E-state index contributed by atoms with van der Waals surface area (Å²) in [6.07, 6.45) is 17.7. The van der Waals surface area contributed by atoms with Crippen LogP contribution in [0.5, 0.6) is 23.0 Å². The van der Waals surface area contributed by atoms with Gasteiger partial charge in [0, 0.05) is 310 Å². The number of nitriles is 2. The van der Waals surface area contributed by atoms with E-state index >= 15 is 0 Å². The Hall–Kier alpha value is -5.71. The number of hydrogen-bond donors (Lipinski definition) is 0. The molecule has 0 bridgehead atoms. The fourth-order valence-corrected chi connectivity index (χ4v) is 16.1. The summed E-state index contributed by atoms with van der Waals surface area (Å²) in [6.45, 7) is 29.4. The zero-order valence-electron chi connectivity index (χ0n) is 75.5. The molecule has 0 fully saturated rings. The van der Waals surface area contributed by atoms with Crippen LogP contribution in [-0.2, 0) is 361 Å². The average molecular weight is 2500 g/mol. The van der Waals surface area contributed by atoms with E-state index < -0.39 is 22.9 Å². The molecule has 0 radical (unpaired) electrons. The van der Waals surface area contributed by atoms with Crippen LogP contribution in [0.3, 0.4) is 0 Å². The molecule has 0 saturated carbocycles. The molecule has 12 heterocycles. The van der Waals surface area contributed by atoms with Crippen LogP contribution in [0.1, 0.15) is 137 Å². The number of para-hydroxylation sites is 4. The van der Waals surface area contributed by atoms with Gasteiger partial charge in [-0.25, -0.2) is 0 Å². The van der Waals surface area contributed by atoms with Gasteiger partial charge in [-0.1, -0.05) is 72.8 Å². The van der Waals surface area contributed by atoms with Crippen LogP contribution in [0.2, 0.25) is 0 Å². The van der Waals surface area contributed by atoms with E-state index in [4.69, 9.17) is 29.5 Å². The van der Waals surface area contributed by atoms with E-state index in [1.807, 2.05) is 0 Å². The Morgan fingerprint density at radius 3 is 0.500 bits per heavy atom. The van der Waals surface area contributed by atoms with Gasteiger partial charge >= 0.3 is 0 Å². The minimum Gasteiger partial charge on any atom is -2.00 e. The molecule has 760 valence electrons. The molecule has 0 aliphatic carbocycles. The molecule has 8 aliphatic heterocycles. The van der Waals surface area contributed by atoms with E-state index in [0.717, 1.165) is 45.8 Å². The quantitative estimate of drug-likeness (QED) is 0.102. The van der Waals surface area contributed by atoms with Gasteiger partial charge in [0.1, 0.15) is 28.2 Å². The molecule has 4 spiro atoms. The molecule has 132 heavy (non-hydrogen) atoms. The second-order valence-corrected chi connectivity index (χ2v) is 28.9. The molecule has 0 unspecified atom stereocenters. The number of rotatable bonds is 0. The topological polar surface area (TPSA) is 854 Å². The van der Waals surface area contributed by atoms with Gasteiger partial charge in [0.2, 0.25) is 45.7 Å². The van der Waals surface area contributed by atoms with Crippen molar-refractivity contribution < 1.29 is 348 Å². The van der Waals surface area contributed by atoms with Crippen LogP contribution < -0.4 is 56.8 Å². The van der Waals surface area contributed by atoms with Gasteiger partial charge in [0.05, 0.1) is 33.8 Å². The fraction of sp³-hybridized carbons (Fsp3) is 0.357. The summed E-state index contributed by atoms with van der Waals surface area (Å²) < 4.78 is 35.3. The van der Waals surface area contributed by atoms with Crippen molar-refractivity contribution in [1.82, 2.24) is 0 Å². The van der Waals surface area contributed by atoms with Crippen LogP contribution in [-0.4, -0.2) is 51.1 Å². The summed E-state index contributed by atoms with van der Waals surface area (Å²) in [7, 11) is 16.8. The number of aryl methyl sites for hydroxylation is 4. The number of likely N-dealkylation sites (N-methyl/N-ethyl adjacent to an activating group) is 4. The summed E-state index contributed by atoms with van der Waals surface area (Å²) in [5.41, 5.74) is 17.1. The summed E-state index contributed by atoms with van der Waals surface area (Å²) in [5.74, 6) is 3.75. The van der Waals surface area contributed by atoms with E-state index in [2.05, 4.69) is 372 Å². The van der Waals surface area contributed by atoms with Crippen LogP contribution in [0.4, 0.5) is 22.7 Å². The monoisotopic (exact) mass is 2510 g/mol. The van der Waals surface area contributed by atoms with E-state index in [-0.39, 0.29) is 333 Å². The molecule has 0 amide bonds. The first-order chi connectivity index (χ1) is 46.4. The molecule has 40 nitrogen and oxygen atoms in total. The molecular formula is C84H98Mo8N10O30-48. The molecule has 4 aromatic heterocycles. The Kier molecular flexibility index (Phi) is 103. The number of fused-ring (bicyclic) bond motifs is 8. The van der Waals surface area contributed by atoms with Gasteiger partial charge in [-0.15, -0.1) is 0 Å². The van der Waals surface area contributed by atoms with Gasteiger partial charge in [0.25, 0.3) is 0 Å². The summed E-state index contributed by atoms with van der Waals surface area (Å²) >= 11 is 0. The molecule has 4 atom stereocenters. The van der Waals surface area contributed by atoms with Gasteiger partial charge in [-0.2, -0.15) is 28.8 Å². The van der Waals surface area contributed by atoms with Crippen molar-refractivity contribution in [3.8, 4) is 35.1 Å². The molecular weight excluding hydrogens is 2400 g/mol. The standard InChI is InChI=1S/4C20H23N2O.2C2H3N.8Mo.26O/c4*1-14-10-11-18-17(21(14)4)12-13-20(23-18)19(2,3)15-8-6-7-9-16(15)22(20)5;2*1-2-3;;;;;;;;;;;;;;;;;;;;;;;;;;;;;;;;;;/h4*6-13H,1-5H3;2*1H3;;;;;;;;;;;;;;;;;;;;;;;;;;;;;;;;;;/q4*+1;;;;;;;;;;;26*-2/t4*20-;;;;;;;;;;;;;;;;;;;;;;;;;;;;;;;;;;;;/m1100..................................../s1. The van der Waals surface area contributed by atoms with Crippen molar-refractivity contribution in [2.45, 2.75) is 141 Å². The maximum atomic E-state index is 7.32. The average Bonchev–Trinajstić information content (AvgIpc) is 1.56. The van der Waals surface area contributed by atoms with E-state index in [1.165, 1.54) is 81.6 Å². The predicted octanol–water partition coefficient (Wildman–Crippen LogP) is 11.3. The molecule has 16 rings (SSSR count). The molecule has 4 aromatic carbocycles. The summed E-state index contributed by atoms with van der Waals surface area (Å²) in [4.78, 5) is 9.06. The van der Waals surface area contributed by atoms with Crippen LogP contribution in [0.15, 0.2) is 170 Å². The van der Waals surface area contributed by atoms with E-state index in [1.54, 1.807) is 12.1 Å². The second kappa shape index (κ2) is 71.7. The smallest absolute Gasteiger partial charge is 0.247 e. The number of anilines is 4. The Bertz CT molecular complexity index is 4240. The third-order valence-electron chi connectivity index (χ3n) is 22.7. The molecule has 8 aromatic rings. The van der Waals surface area contributed by atoms with Crippen LogP contribution in [0.25, 0.3) is 24.3 Å². The van der Waals surface area contributed by atoms with Crippen molar-refractivity contribution in [3.63, 3.8) is 0 Å². The maximum absolute atomic E-state index is 7.32. The maximum Gasteiger partial charge on any atom is 0.247 e. The first-order valence-corrected chi connectivity index (χ1v) is 33.8. The van der Waals surface area contributed by atoms with E-state index in [9.17, 15) is 0 Å². The van der Waals surface area contributed by atoms with Crippen LogP contribution in [0, 0.1) is 50.4 Å². The van der Waals surface area contributed by atoms with Crippen LogP contribution >= 0.6 is 0 Å². The third-order valence-corrected chi connectivity index (χ3v) is 22.7. The van der Waals surface area contributed by atoms with Crippen molar-refractivity contribution in [3.05, 3.63) is 238 Å². The van der Waals surface area contributed by atoms with Gasteiger partial charge in [-0.05, 0) is 150 Å². The zero-order chi connectivity index (χ0) is 71.0. The van der Waals surface area contributed by atoms with Gasteiger partial charge in [-0.3, -0.25) is 0 Å². The summed E-state index contributed by atoms with van der Waals surface area (Å²) in [5, 5.41) is 14.6. The Labute approximate surface area is 887 Å². The zero-order valence-corrected chi connectivity index (χ0v) is 91.5. The SMILES string of the molecule is CC#N.CC#N.Cc1ccc2c([n+]1C)C=C[C@@]1(O2)N(C)c2ccccc2C1(C)C.Cc1ccc2c([n+]1C)C=C[C@@]1(O2)N(C)c2ccccc2C1(C)C.Cc1ccc2c([n+]1C)C=C[C@]1(O2)N(C)c2ccccc2C1(C)C.Cc1ccc2c([n+]1C)C=C[C@]1(O2)N(C)c2ccccc2C1(C)C.[Mo].[Mo].[Mo].[Mo].[Mo].[Mo].[Mo].[Mo].[O-2].[O-2].[O-2].[O-2].[O-2].[O-2].[O-2].[O-2].[O-2].[O-2].[O-2].[O-2].[O-2].[O-2].[O-2].[O-2].[O-2].[O-2].[O-2].[O-2].[O-2].[O-2].[O-2].[O-2].[O-2].[O-2]. The Morgan fingerprint density at radius 2 is 0.371 bits per heavy atom. The number of pyridine rings is 4. The molecule has 8 aliphatic rings. The normalized spacial score (nSPS) is 16.6. The van der Waals surface area contributed by atoms with Gasteiger partial charge < -0.3 is 181 Å². The van der Waals surface area contributed by atoms with E-state index in [0.29, 0.717) is 0 Å². The second-order valence-electron chi connectivity index (χ2n) is 28.9. The van der Waals surface area contributed by atoms with Crippen molar-refractivity contribution in [1.29, 1.82) is 10.5 Å². The fourth-order valence-electron chi connectivity index (χ4n) is 16.1. The predicted molar refractivity (Wildman–Crippen MR) is 411 cm³/mol. The van der Waals surface area contributed by atoms with Crippen molar-refractivity contribution in [2.75, 3.05) is 47.8 Å². The van der Waals surface area contributed by atoms with Crippen molar-refractivity contribution >= 4 is 47.1 Å². The third kappa shape index (κ3) is 30.2. The number of benzene rings is 4. The molecule has 0 N–H and O–H groups in total. The number of hydrogen-bond acceptors (Lipinski definition) is 10. The van der Waals surface area contributed by atoms with Crippen molar-refractivity contribution in [2.24, 2.45) is 28.2 Å². The molecule has 0 saturated heterocycles.